The predicted octanol–water partition coefficient (Wildman–Crippen LogP) is 1.18. The number of carbonyl (C=O) groups excluding carboxylic acids is 2. The van der Waals surface area contributed by atoms with E-state index >= 15 is 0 Å². The second-order valence-corrected chi connectivity index (χ2v) is 7.00. The summed E-state index contributed by atoms with van der Waals surface area (Å²) >= 11 is 0. The highest BCUT2D eigenvalue weighted by Crippen LogP contribution is 2.33. The largest absolute Gasteiger partial charge is 0.352 e. The fraction of sp³-hybridized carbons (Fsp3) is 0.765. The van der Waals surface area contributed by atoms with E-state index in [1.807, 2.05) is 11.8 Å². The highest BCUT2D eigenvalue weighted by molar-refractivity contribution is 5.85. The van der Waals surface area contributed by atoms with Crippen LogP contribution in [-0.2, 0) is 9.59 Å². The van der Waals surface area contributed by atoms with Gasteiger partial charge in [-0.05, 0) is 19.8 Å². The zero-order valence-corrected chi connectivity index (χ0v) is 16.7. The first-order chi connectivity index (χ1) is 10.9. The Bertz CT molecular complexity index is 452. The lowest BCUT2D eigenvalue weighted by atomic mass is 9.74. The van der Waals surface area contributed by atoms with Crippen molar-refractivity contribution < 1.29 is 9.59 Å². The number of hydrogen-bond acceptors (Lipinski definition) is 4. The summed E-state index contributed by atoms with van der Waals surface area (Å²) in [6.45, 7) is 9.30. The molecule has 6 nitrogen and oxygen atoms in total. The van der Waals surface area contributed by atoms with E-state index in [2.05, 4.69) is 16.8 Å². The minimum absolute atomic E-state index is 0. The third-order valence-electron chi connectivity index (χ3n) is 5.05. The first-order valence-electron chi connectivity index (χ1n) is 8.61. The third-order valence-corrected chi connectivity index (χ3v) is 5.05. The molecule has 146 valence electrons. The van der Waals surface area contributed by atoms with E-state index in [1.165, 1.54) is 0 Å². The summed E-state index contributed by atoms with van der Waals surface area (Å²) in [5, 5.41) is 2.78. The van der Waals surface area contributed by atoms with Crippen LogP contribution in [0.1, 0.15) is 32.6 Å². The van der Waals surface area contributed by atoms with Crippen molar-refractivity contribution in [2.75, 3.05) is 39.3 Å². The van der Waals surface area contributed by atoms with Gasteiger partial charge in [0.2, 0.25) is 11.8 Å². The Morgan fingerprint density at radius 3 is 2.44 bits per heavy atom. The Morgan fingerprint density at radius 1 is 1.24 bits per heavy atom. The molecule has 0 spiro atoms. The number of rotatable bonds is 5. The molecule has 1 heterocycles. The van der Waals surface area contributed by atoms with Crippen LogP contribution in [0.4, 0.5) is 0 Å². The molecule has 1 saturated carbocycles. The molecule has 2 fully saturated rings. The molecule has 1 aliphatic heterocycles. The molecule has 2 unspecified atom stereocenters. The summed E-state index contributed by atoms with van der Waals surface area (Å²) in [5.74, 6) is 0.149. The van der Waals surface area contributed by atoms with E-state index < -0.39 is 0 Å². The third kappa shape index (κ3) is 6.77. The molecule has 0 radical (unpaired) electrons. The van der Waals surface area contributed by atoms with Gasteiger partial charge in [0.25, 0.3) is 0 Å². The second kappa shape index (κ2) is 11.0. The SMILES string of the molecule is C=CCNC(=O)CN1CCN(C(=O)C2CCCCC2(C)N)CC1.Cl.Cl. The second-order valence-electron chi connectivity index (χ2n) is 7.00. The number of nitrogens with one attached hydrogen (secondary N) is 1. The fourth-order valence-corrected chi connectivity index (χ4v) is 3.56. The molecule has 0 bridgehead atoms. The summed E-state index contributed by atoms with van der Waals surface area (Å²) in [5.41, 5.74) is 5.97. The minimum atomic E-state index is -0.378. The van der Waals surface area contributed by atoms with Crippen molar-refractivity contribution in [1.29, 1.82) is 0 Å². The molecule has 0 aromatic heterocycles. The molecule has 1 saturated heterocycles. The van der Waals surface area contributed by atoms with Crippen LogP contribution in [0.5, 0.6) is 0 Å². The van der Waals surface area contributed by atoms with Gasteiger partial charge >= 0.3 is 0 Å². The monoisotopic (exact) mass is 394 g/mol. The van der Waals surface area contributed by atoms with Crippen LogP contribution < -0.4 is 11.1 Å². The number of amides is 2. The van der Waals surface area contributed by atoms with Gasteiger partial charge in [-0.25, -0.2) is 0 Å². The van der Waals surface area contributed by atoms with E-state index in [-0.39, 0.29) is 48.1 Å². The number of hydrogen-bond donors (Lipinski definition) is 2. The minimum Gasteiger partial charge on any atom is -0.352 e. The summed E-state index contributed by atoms with van der Waals surface area (Å²) in [4.78, 5) is 28.5. The van der Waals surface area contributed by atoms with Crippen molar-refractivity contribution in [1.82, 2.24) is 15.1 Å². The van der Waals surface area contributed by atoms with Crippen LogP contribution in [0.25, 0.3) is 0 Å². The first kappa shape index (κ1) is 24.2. The van der Waals surface area contributed by atoms with Crippen molar-refractivity contribution in [3.8, 4) is 0 Å². The average Bonchev–Trinajstić information content (AvgIpc) is 2.52. The van der Waals surface area contributed by atoms with Crippen LogP contribution in [-0.4, -0.2) is 66.4 Å². The number of halogens is 2. The van der Waals surface area contributed by atoms with E-state index in [4.69, 9.17) is 5.73 Å². The van der Waals surface area contributed by atoms with Crippen LogP contribution in [0, 0.1) is 5.92 Å². The number of piperazine rings is 1. The number of nitrogens with zero attached hydrogens (tertiary/aromatic N) is 2. The molecule has 2 rings (SSSR count). The molecule has 25 heavy (non-hydrogen) atoms. The van der Waals surface area contributed by atoms with Gasteiger partial charge in [-0.1, -0.05) is 18.9 Å². The van der Waals surface area contributed by atoms with Gasteiger partial charge in [-0.3, -0.25) is 14.5 Å². The zero-order valence-electron chi connectivity index (χ0n) is 15.0. The highest BCUT2D eigenvalue weighted by Gasteiger charge is 2.40. The Balaban J connectivity index is 0.00000288. The first-order valence-corrected chi connectivity index (χ1v) is 8.61. The van der Waals surface area contributed by atoms with Crippen molar-refractivity contribution in [3.05, 3.63) is 12.7 Å². The Morgan fingerprint density at radius 2 is 1.88 bits per heavy atom. The molecule has 0 aromatic rings. The van der Waals surface area contributed by atoms with E-state index in [9.17, 15) is 9.59 Å². The maximum absolute atomic E-state index is 12.8. The van der Waals surface area contributed by atoms with Crippen molar-refractivity contribution in [3.63, 3.8) is 0 Å². The average molecular weight is 395 g/mol. The molecule has 3 N–H and O–H groups in total. The quantitative estimate of drug-likeness (QED) is 0.686. The van der Waals surface area contributed by atoms with Gasteiger partial charge in [-0.15, -0.1) is 31.4 Å². The smallest absolute Gasteiger partial charge is 0.234 e. The van der Waals surface area contributed by atoms with Crippen LogP contribution in [0.2, 0.25) is 0 Å². The van der Waals surface area contributed by atoms with Gasteiger partial charge in [0.1, 0.15) is 0 Å². The molecule has 2 atom stereocenters. The standard InChI is InChI=1S/C17H30N4O2.2ClH/c1-3-8-19-15(22)13-20-9-11-21(12-10-20)16(23)14-6-4-5-7-17(14,2)18;;/h3,14H,1,4-13,18H2,2H3,(H,19,22);2*1H. The van der Waals surface area contributed by atoms with Gasteiger partial charge < -0.3 is 16.0 Å². The summed E-state index contributed by atoms with van der Waals surface area (Å²) in [7, 11) is 0. The fourth-order valence-electron chi connectivity index (χ4n) is 3.56. The molecule has 8 heteroatoms. The Labute approximate surface area is 163 Å². The number of carbonyl (C=O) groups is 2. The molecule has 1 aliphatic carbocycles. The zero-order chi connectivity index (χ0) is 16.9. The van der Waals surface area contributed by atoms with E-state index in [1.54, 1.807) is 6.08 Å². The highest BCUT2D eigenvalue weighted by atomic mass is 35.5. The van der Waals surface area contributed by atoms with Gasteiger partial charge in [0, 0.05) is 38.3 Å². The topological polar surface area (TPSA) is 78.7 Å². The lowest BCUT2D eigenvalue weighted by Crippen LogP contribution is -2.57. The normalized spacial score (nSPS) is 26.8. The van der Waals surface area contributed by atoms with E-state index in [0.717, 1.165) is 38.8 Å². The molecular weight excluding hydrogens is 363 g/mol. The van der Waals surface area contributed by atoms with Crippen LogP contribution >= 0.6 is 24.8 Å². The summed E-state index contributed by atoms with van der Waals surface area (Å²) < 4.78 is 0. The summed E-state index contributed by atoms with van der Waals surface area (Å²) in [6.07, 6.45) is 5.70. The molecule has 2 amide bonds. The molecule has 2 aliphatic rings. The Kier molecular flexibility index (Phi) is 10.7. The molecule has 0 aromatic carbocycles. The summed E-state index contributed by atoms with van der Waals surface area (Å²) in [6, 6.07) is 0. The van der Waals surface area contributed by atoms with Crippen molar-refractivity contribution in [2.24, 2.45) is 11.7 Å². The lowest BCUT2D eigenvalue weighted by Gasteiger charge is -2.42. The number of nitrogens with two attached hydrogens (primary N) is 1. The van der Waals surface area contributed by atoms with Crippen molar-refractivity contribution >= 4 is 36.6 Å². The van der Waals surface area contributed by atoms with Gasteiger partial charge in [-0.2, -0.15) is 0 Å². The predicted molar refractivity (Wildman–Crippen MR) is 105 cm³/mol. The van der Waals surface area contributed by atoms with Gasteiger partial charge in [0.15, 0.2) is 0 Å². The lowest BCUT2D eigenvalue weighted by molar-refractivity contribution is -0.140. The van der Waals surface area contributed by atoms with Crippen LogP contribution in [0.15, 0.2) is 12.7 Å². The van der Waals surface area contributed by atoms with Crippen LogP contribution in [0.3, 0.4) is 0 Å². The maximum Gasteiger partial charge on any atom is 0.234 e. The van der Waals surface area contributed by atoms with Gasteiger partial charge in [0.05, 0.1) is 12.5 Å². The van der Waals surface area contributed by atoms with Crippen molar-refractivity contribution in [2.45, 2.75) is 38.1 Å². The maximum atomic E-state index is 12.8. The molecular formula is C17H32Cl2N4O2. The Hall–Kier alpha value is -0.820. The van der Waals surface area contributed by atoms with E-state index in [0.29, 0.717) is 26.2 Å².